The maximum atomic E-state index is 13.2. The minimum atomic E-state index is -0.744. The van der Waals surface area contributed by atoms with E-state index in [4.69, 9.17) is 5.73 Å². The number of fused-ring (bicyclic) bond motifs is 1. The quantitative estimate of drug-likeness (QED) is 0.850. The third-order valence-electron chi connectivity index (χ3n) is 4.94. The molecule has 0 bridgehead atoms. The summed E-state index contributed by atoms with van der Waals surface area (Å²) < 4.78 is 0. The predicted molar refractivity (Wildman–Crippen MR) is 107 cm³/mol. The number of anilines is 1. The number of nitrogens with zero attached hydrogens (tertiary/aromatic N) is 2. The van der Waals surface area contributed by atoms with Gasteiger partial charge in [0.2, 0.25) is 0 Å². The molecule has 2 aromatic carbocycles. The van der Waals surface area contributed by atoms with Crippen LogP contribution in [0.4, 0.5) is 10.5 Å². The molecule has 1 aliphatic rings. The Kier molecular flexibility index (Phi) is 5.35. The molecule has 0 spiro atoms. The molecule has 2 aromatic rings. The lowest BCUT2D eigenvalue weighted by atomic mass is 9.92. The summed E-state index contributed by atoms with van der Waals surface area (Å²) in [6.45, 7) is 1.92. The molecule has 0 saturated carbocycles. The molecule has 4 amide bonds. The van der Waals surface area contributed by atoms with Crippen molar-refractivity contribution in [1.82, 2.24) is 10.2 Å². The average molecular weight is 380 g/mol. The Bertz CT molecular complexity index is 911. The van der Waals surface area contributed by atoms with Crippen molar-refractivity contribution >= 4 is 23.5 Å². The number of carbonyl (C=O) groups excluding carboxylic acids is 3. The summed E-state index contributed by atoms with van der Waals surface area (Å²) in [6, 6.07) is 13.2. The van der Waals surface area contributed by atoms with Gasteiger partial charge in [0, 0.05) is 31.8 Å². The van der Waals surface area contributed by atoms with E-state index >= 15 is 0 Å². The fourth-order valence-corrected chi connectivity index (χ4v) is 3.51. The molecule has 28 heavy (non-hydrogen) atoms. The van der Waals surface area contributed by atoms with Crippen LogP contribution >= 0.6 is 0 Å². The number of hydrogen-bond acceptors (Lipinski definition) is 3. The smallest absolute Gasteiger partial charge is 0.312 e. The number of nitrogens with two attached hydrogens (primary N) is 1. The fraction of sp³-hybridized carbons (Fsp3) is 0.286. The van der Waals surface area contributed by atoms with Crippen LogP contribution in [0.1, 0.15) is 34.5 Å². The summed E-state index contributed by atoms with van der Waals surface area (Å²) in [5, 5.41) is 2.54. The highest BCUT2D eigenvalue weighted by Gasteiger charge is 2.37. The van der Waals surface area contributed by atoms with Gasteiger partial charge in [0.05, 0.1) is 6.04 Å². The molecule has 0 unspecified atom stereocenters. The number of amides is 4. The molecule has 0 aromatic heterocycles. The molecule has 0 fully saturated rings. The summed E-state index contributed by atoms with van der Waals surface area (Å²) >= 11 is 0. The van der Waals surface area contributed by atoms with Crippen LogP contribution in [0.2, 0.25) is 0 Å². The average Bonchev–Trinajstić information content (AvgIpc) is 2.67. The van der Waals surface area contributed by atoms with E-state index in [9.17, 15) is 14.4 Å². The molecule has 3 N–H and O–H groups in total. The van der Waals surface area contributed by atoms with Crippen molar-refractivity contribution < 1.29 is 14.4 Å². The summed E-state index contributed by atoms with van der Waals surface area (Å²) in [6.07, 6.45) is 0.325. The molecule has 0 saturated heterocycles. The van der Waals surface area contributed by atoms with E-state index in [0.717, 1.165) is 11.1 Å². The van der Waals surface area contributed by atoms with Crippen molar-refractivity contribution in [2.75, 3.05) is 19.0 Å². The number of primary amides is 1. The van der Waals surface area contributed by atoms with Crippen LogP contribution in [0.5, 0.6) is 0 Å². The predicted octanol–water partition coefficient (Wildman–Crippen LogP) is 2.08. The van der Waals surface area contributed by atoms with Gasteiger partial charge in [-0.2, -0.15) is 0 Å². The Morgan fingerprint density at radius 2 is 1.86 bits per heavy atom. The second-order valence-electron chi connectivity index (χ2n) is 7.10. The van der Waals surface area contributed by atoms with Gasteiger partial charge >= 0.3 is 6.03 Å². The van der Waals surface area contributed by atoms with Gasteiger partial charge in [0.25, 0.3) is 11.8 Å². The lowest BCUT2D eigenvalue weighted by Gasteiger charge is -2.38. The van der Waals surface area contributed by atoms with Crippen LogP contribution < -0.4 is 16.0 Å². The second kappa shape index (κ2) is 7.72. The number of urea groups is 1. The van der Waals surface area contributed by atoms with Gasteiger partial charge in [-0.3, -0.25) is 9.59 Å². The minimum Gasteiger partial charge on any atom is -0.352 e. The van der Waals surface area contributed by atoms with E-state index in [2.05, 4.69) is 5.32 Å². The van der Waals surface area contributed by atoms with Crippen LogP contribution in [-0.4, -0.2) is 42.9 Å². The minimum absolute atomic E-state index is 0.139. The molecule has 1 heterocycles. The monoisotopic (exact) mass is 380 g/mol. The zero-order chi connectivity index (χ0) is 20.4. The molecule has 0 aliphatic carbocycles. The van der Waals surface area contributed by atoms with Crippen molar-refractivity contribution in [3.05, 3.63) is 65.2 Å². The molecule has 3 rings (SSSR count). The Labute approximate surface area is 164 Å². The SMILES string of the molecule is C[C@@H](c1ccccc1)N1C(=O)[C@H](NC(N)=O)Cc2ccc(C(=O)N(C)C)cc21. The summed E-state index contributed by atoms with van der Waals surface area (Å²) in [7, 11) is 3.37. The summed E-state index contributed by atoms with van der Waals surface area (Å²) in [5.74, 6) is -0.392. The summed E-state index contributed by atoms with van der Waals surface area (Å²) in [4.78, 5) is 40.1. The first kappa shape index (κ1) is 19.4. The number of rotatable bonds is 4. The number of hydrogen-bond donors (Lipinski definition) is 2. The zero-order valence-corrected chi connectivity index (χ0v) is 16.2. The first-order chi connectivity index (χ1) is 13.3. The van der Waals surface area contributed by atoms with Gasteiger partial charge in [-0.15, -0.1) is 0 Å². The molecule has 146 valence electrons. The molecular weight excluding hydrogens is 356 g/mol. The van der Waals surface area contributed by atoms with E-state index in [1.54, 1.807) is 31.1 Å². The third kappa shape index (κ3) is 3.69. The number of nitrogens with one attached hydrogen (secondary N) is 1. The van der Waals surface area contributed by atoms with Crippen LogP contribution in [0.25, 0.3) is 0 Å². The van der Waals surface area contributed by atoms with Crippen molar-refractivity contribution in [3.63, 3.8) is 0 Å². The van der Waals surface area contributed by atoms with Gasteiger partial charge in [0.15, 0.2) is 0 Å². The van der Waals surface area contributed by atoms with Gasteiger partial charge in [-0.05, 0) is 30.2 Å². The third-order valence-corrected chi connectivity index (χ3v) is 4.94. The highest BCUT2D eigenvalue weighted by molar-refractivity contribution is 6.04. The van der Waals surface area contributed by atoms with Crippen LogP contribution in [0.3, 0.4) is 0 Å². The van der Waals surface area contributed by atoms with Crippen molar-refractivity contribution in [1.29, 1.82) is 0 Å². The van der Waals surface area contributed by atoms with Gasteiger partial charge in [-0.1, -0.05) is 36.4 Å². The Morgan fingerprint density at radius 1 is 1.18 bits per heavy atom. The Balaban J connectivity index is 2.09. The van der Waals surface area contributed by atoms with E-state index in [0.29, 0.717) is 17.7 Å². The molecular formula is C21H24N4O3. The first-order valence-corrected chi connectivity index (χ1v) is 9.08. The maximum Gasteiger partial charge on any atom is 0.312 e. The zero-order valence-electron chi connectivity index (χ0n) is 16.2. The molecule has 2 atom stereocenters. The first-order valence-electron chi connectivity index (χ1n) is 9.08. The molecule has 7 nitrogen and oxygen atoms in total. The molecule has 0 radical (unpaired) electrons. The van der Waals surface area contributed by atoms with Crippen LogP contribution in [0.15, 0.2) is 48.5 Å². The van der Waals surface area contributed by atoms with Crippen molar-refractivity contribution in [3.8, 4) is 0 Å². The van der Waals surface area contributed by atoms with E-state index in [1.165, 1.54) is 4.90 Å². The Hall–Kier alpha value is -3.35. The second-order valence-corrected chi connectivity index (χ2v) is 7.10. The van der Waals surface area contributed by atoms with Gasteiger partial charge in [-0.25, -0.2) is 4.79 Å². The van der Waals surface area contributed by atoms with E-state index in [-0.39, 0.29) is 17.9 Å². The summed E-state index contributed by atoms with van der Waals surface area (Å²) in [5.41, 5.74) is 8.27. The largest absolute Gasteiger partial charge is 0.352 e. The van der Waals surface area contributed by atoms with Crippen molar-refractivity contribution in [2.24, 2.45) is 5.73 Å². The molecule has 7 heteroatoms. The standard InChI is InChI=1S/C21H24N4O3/c1-13(14-7-5-4-6-8-14)25-18-12-16(19(26)24(2)3)10-9-15(18)11-17(20(25)27)23-21(22)28/h4-10,12-13,17H,11H2,1-3H3,(H3,22,23,28)/t13-,17+/m0/s1. The van der Waals surface area contributed by atoms with Crippen molar-refractivity contribution in [2.45, 2.75) is 25.4 Å². The van der Waals surface area contributed by atoms with Crippen LogP contribution in [0, 0.1) is 0 Å². The number of benzene rings is 2. The lowest BCUT2D eigenvalue weighted by Crippen LogP contribution is -2.54. The highest BCUT2D eigenvalue weighted by Crippen LogP contribution is 2.35. The van der Waals surface area contributed by atoms with Gasteiger partial charge < -0.3 is 20.9 Å². The van der Waals surface area contributed by atoms with Crippen LogP contribution in [-0.2, 0) is 11.2 Å². The van der Waals surface area contributed by atoms with Gasteiger partial charge in [0.1, 0.15) is 6.04 Å². The number of carbonyl (C=O) groups is 3. The Morgan fingerprint density at radius 3 is 2.46 bits per heavy atom. The maximum absolute atomic E-state index is 13.2. The van der Waals surface area contributed by atoms with E-state index in [1.807, 2.05) is 43.3 Å². The lowest BCUT2D eigenvalue weighted by molar-refractivity contribution is -0.121. The fourth-order valence-electron chi connectivity index (χ4n) is 3.51. The highest BCUT2D eigenvalue weighted by atomic mass is 16.2. The normalized spacial score (nSPS) is 16.9. The molecule has 1 aliphatic heterocycles. The topological polar surface area (TPSA) is 95.7 Å². The van der Waals surface area contributed by atoms with E-state index < -0.39 is 12.1 Å².